The van der Waals surface area contributed by atoms with Crippen LogP contribution in [0.4, 0.5) is 0 Å². The summed E-state index contributed by atoms with van der Waals surface area (Å²) in [6.45, 7) is 5.26. The number of likely N-dealkylation sites (tertiary alicyclic amines) is 1. The normalized spacial score (nSPS) is 22.1. The standard InChI is InChI=1S/C16H23NO3/c1-12-4-3-5-14(10-12)20-9-7-16(19)17-8-6-13(2)15(17)11-18/h3-5,10,13,15,18H,6-9,11H2,1-2H3. The molecule has 110 valence electrons. The number of hydrogen-bond donors (Lipinski definition) is 1. The van der Waals surface area contributed by atoms with Crippen LogP contribution >= 0.6 is 0 Å². The summed E-state index contributed by atoms with van der Waals surface area (Å²) in [5, 5.41) is 9.36. The Balaban J connectivity index is 1.81. The Kier molecular flexibility index (Phi) is 5.01. The van der Waals surface area contributed by atoms with E-state index in [1.165, 1.54) is 0 Å². The van der Waals surface area contributed by atoms with Crippen molar-refractivity contribution in [2.75, 3.05) is 19.8 Å². The average molecular weight is 277 g/mol. The number of aliphatic hydroxyl groups is 1. The second-order valence-corrected chi connectivity index (χ2v) is 5.52. The maximum absolute atomic E-state index is 12.2. The van der Waals surface area contributed by atoms with E-state index in [1.807, 2.05) is 31.2 Å². The van der Waals surface area contributed by atoms with E-state index in [1.54, 1.807) is 4.90 Å². The second kappa shape index (κ2) is 6.75. The summed E-state index contributed by atoms with van der Waals surface area (Å²) in [4.78, 5) is 13.9. The largest absolute Gasteiger partial charge is 0.493 e. The van der Waals surface area contributed by atoms with Gasteiger partial charge < -0.3 is 14.7 Å². The van der Waals surface area contributed by atoms with Crippen LogP contribution in [-0.4, -0.2) is 41.7 Å². The number of carbonyl (C=O) groups excluding carboxylic acids is 1. The molecule has 1 fully saturated rings. The van der Waals surface area contributed by atoms with Crippen LogP contribution < -0.4 is 4.74 Å². The number of nitrogens with zero attached hydrogens (tertiary/aromatic N) is 1. The fourth-order valence-corrected chi connectivity index (χ4v) is 2.70. The third-order valence-corrected chi connectivity index (χ3v) is 3.96. The first-order valence-corrected chi connectivity index (χ1v) is 7.21. The molecule has 0 aliphatic carbocycles. The predicted octanol–water partition coefficient (Wildman–Crippen LogP) is 1.99. The summed E-state index contributed by atoms with van der Waals surface area (Å²) < 4.78 is 5.60. The van der Waals surface area contributed by atoms with Crippen LogP contribution in [0.25, 0.3) is 0 Å². The maximum Gasteiger partial charge on any atom is 0.226 e. The van der Waals surface area contributed by atoms with Gasteiger partial charge in [-0.3, -0.25) is 4.79 Å². The fraction of sp³-hybridized carbons (Fsp3) is 0.562. The summed E-state index contributed by atoms with van der Waals surface area (Å²) in [7, 11) is 0. The molecule has 1 amide bonds. The number of rotatable bonds is 5. The Morgan fingerprint density at radius 2 is 2.30 bits per heavy atom. The summed E-state index contributed by atoms with van der Waals surface area (Å²) >= 11 is 0. The van der Waals surface area contributed by atoms with Gasteiger partial charge in [-0.2, -0.15) is 0 Å². The highest BCUT2D eigenvalue weighted by Gasteiger charge is 2.33. The zero-order chi connectivity index (χ0) is 14.5. The number of carbonyl (C=O) groups is 1. The Morgan fingerprint density at radius 3 is 3.00 bits per heavy atom. The van der Waals surface area contributed by atoms with Crippen molar-refractivity contribution in [2.24, 2.45) is 5.92 Å². The Hall–Kier alpha value is -1.55. The maximum atomic E-state index is 12.2. The molecule has 2 unspecified atom stereocenters. The number of hydrogen-bond acceptors (Lipinski definition) is 3. The summed E-state index contributed by atoms with van der Waals surface area (Å²) in [6, 6.07) is 7.78. The van der Waals surface area contributed by atoms with Crippen molar-refractivity contribution >= 4 is 5.91 Å². The zero-order valence-corrected chi connectivity index (χ0v) is 12.2. The number of benzene rings is 1. The molecule has 0 radical (unpaired) electrons. The molecule has 1 aromatic rings. The van der Waals surface area contributed by atoms with Crippen molar-refractivity contribution in [3.05, 3.63) is 29.8 Å². The number of amides is 1. The Labute approximate surface area is 120 Å². The molecular weight excluding hydrogens is 254 g/mol. The quantitative estimate of drug-likeness (QED) is 0.895. The highest BCUT2D eigenvalue weighted by atomic mass is 16.5. The lowest BCUT2D eigenvalue weighted by molar-refractivity contribution is -0.133. The monoisotopic (exact) mass is 277 g/mol. The molecule has 1 aromatic carbocycles. The first-order chi connectivity index (χ1) is 9.61. The third-order valence-electron chi connectivity index (χ3n) is 3.96. The van der Waals surface area contributed by atoms with Crippen LogP contribution in [0.15, 0.2) is 24.3 Å². The molecular formula is C16H23NO3. The minimum atomic E-state index is -0.0264. The van der Waals surface area contributed by atoms with Crippen LogP contribution in [0.3, 0.4) is 0 Å². The van der Waals surface area contributed by atoms with Crippen LogP contribution in [0.2, 0.25) is 0 Å². The lowest BCUT2D eigenvalue weighted by atomic mass is 10.0. The van der Waals surface area contributed by atoms with Gasteiger partial charge in [0.05, 0.1) is 25.7 Å². The van der Waals surface area contributed by atoms with E-state index in [2.05, 4.69) is 6.92 Å². The van der Waals surface area contributed by atoms with E-state index in [0.29, 0.717) is 18.9 Å². The summed E-state index contributed by atoms with van der Waals surface area (Å²) in [6.07, 6.45) is 1.33. The van der Waals surface area contributed by atoms with Gasteiger partial charge in [0, 0.05) is 6.54 Å². The van der Waals surface area contributed by atoms with E-state index in [-0.39, 0.29) is 18.6 Å². The van der Waals surface area contributed by atoms with Gasteiger partial charge in [0.25, 0.3) is 0 Å². The van der Waals surface area contributed by atoms with Gasteiger partial charge in [0.2, 0.25) is 5.91 Å². The molecule has 1 heterocycles. The second-order valence-electron chi connectivity index (χ2n) is 5.52. The molecule has 0 aromatic heterocycles. The molecule has 0 bridgehead atoms. The Morgan fingerprint density at radius 1 is 1.50 bits per heavy atom. The molecule has 0 saturated carbocycles. The zero-order valence-electron chi connectivity index (χ0n) is 12.2. The number of ether oxygens (including phenoxy) is 1. The molecule has 2 rings (SSSR count). The van der Waals surface area contributed by atoms with Crippen molar-refractivity contribution in [3.8, 4) is 5.75 Å². The minimum absolute atomic E-state index is 0.0264. The average Bonchev–Trinajstić information content (AvgIpc) is 2.80. The molecule has 20 heavy (non-hydrogen) atoms. The van der Waals surface area contributed by atoms with E-state index < -0.39 is 0 Å². The molecule has 1 N–H and O–H groups in total. The van der Waals surface area contributed by atoms with E-state index in [9.17, 15) is 9.90 Å². The summed E-state index contributed by atoms with van der Waals surface area (Å²) in [5.74, 6) is 1.24. The van der Waals surface area contributed by atoms with Crippen molar-refractivity contribution < 1.29 is 14.6 Å². The lowest BCUT2D eigenvalue weighted by Crippen LogP contribution is -2.40. The molecule has 1 saturated heterocycles. The molecule has 1 aliphatic heterocycles. The highest BCUT2D eigenvalue weighted by molar-refractivity contribution is 5.77. The minimum Gasteiger partial charge on any atom is -0.493 e. The van der Waals surface area contributed by atoms with Crippen LogP contribution in [0.1, 0.15) is 25.3 Å². The highest BCUT2D eigenvalue weighted by Crippen LogP contribution is 2.24. The van der Waals surface area contributed by atoms with Crippen LogP contribution in [-0.2, 0) is 4.79 Å². The van der Waals surface area contributed by atoms with E-state index in [4.69, 9.17) is 4.74 Å². The SMILES string of the molecule is Cc1cccc(OCCC(=O)N2CCC(C)C2CO)c1. The van der Waals surface area contributed by atoms with Crippen molar-refractivity contribution in [1.29, 1.82) is 0 Å². The van der Waals surface area contributed by atoms with Gasteiger partial charge in [-0.05, 0) is 37.0 Å². The van der Waals surface area contributed by atoms with Gasteiger partial charge >= 0.3 is 0 Å². The van der Waals surface area contributed by atoms with Gasteiger partial charge in [-0.1, -0.05) is 19.1 Å². The van der Waals surface area contributed by atoms with Gasteiger partial charge in [-0.25, -0.2) is 0 Å². The first kappa shape index (κ1) is 14.9. The van der Waals surface area contributed by atoms with Gasteiger partial charge in [-0.15, -0.1) is 0 Å². The summed E-state index contributed by atoms with van der Waals surface area (Å²) in [5.41, 5.74) is 1.14. The fourth-order valence-electron chi connectivity index (χ4n) is 2.70. The van der Waals surface area contributed by atoms with Crippen LogP contribution in [0.5, 0.6) is 5.75 Å². The van der Waals surface area contributed by atoms with E-state index >= 15 is 0 Å². The molecule has 4 nitrogen and oxygen atoms in total. The van der Waals surface area contributed by atoms with E-state index in [0.717, 1.165) is 24.3 Å². The van der Waals surface area contributed by atoms with Crippen molar-refractivity contribution in [2.45, 2.75) is 32.7 Å². The first-order valence-electron chi connectivity index (χ1n) is 7.21. The third kappa shape index (κ3) is 3.51. The molecule has 0 spiro atoms. The van der Waals surface area contributed by atoms with Gasteiger partial charge in [0.15, 0.2) is 0 Å². The topological polar surface area (TPSA) is 49.8 Å². The molecule has 1 aliphatic rings. The molecule has 2 atom stereocenters. The Bertz CT molecular complexity index is 461. The predicted molar refractivity (Wildman–Crippen MR) is 77.7 cm³/mol. The smallest absolute Gasteiger partial charge is 0.226 e. The lowest BCUT2D eigenvalue weighted by Gasteiger charge is -2.25. The van der Waals surface area contributed by atoms with Crippen LogP contribution in [0, 0.1) is 12.8 Å². The molecule has 4 heteroatoms. The van der Waals surface area contributed by atoms with Gasteiger partial charge in [0.1, 0.15) is 5.75 Å². The van der Waals surface area contributed by atoms with Crippen molar-refractivity contribution in [1.82, 2.24) is 4.90 Å². The number of aliphatic hydroxyl groups excluding tert-OH is 1. The number of aryl methyl sites for hydroxylation is 1. The van der Waals surface area contributed by atoms with Crippen molar-refractivity contribution in [3.63, 3.8) is 0 Å².